The summed E-state index contributed by atoms with van der Waals surface area (Å²) in [6.45, 7) is 1.37. The molecule has 3 nitrogen and oxygen atoms in total. The lowest BCUT2D eigenvalue weighted by atomic mass is 10.1. The highest BCUT2D eigenvalue weighted by atomic mass is 16.5. The molecule has 0 bridgehead atoms. The minimum absolute atomic E-state index is 0.264. The van der Waals surface area contributed by atoms with Crippen LogP contribution in [-0.2, 0) is 9.53 Å². The second kappa shape index (κ2) is 2.82. The molecule has 0 unspecified atom stereocenters. The second-order valence-corrected chi connectivity index (χ2v) is 2.33. The maximum atomic E-state index is 10.1. The topological polar surface area (TPSA) is 46.5 Å². The molecule has 0 spiro atoms. The van der Waals surface area contributed by atoms with Gasteiger partial charge in [-0.25, -0.2) is 0 Å². The zero-order valence-corrected chi connectivity index (χ0v) is 5.17. The third-order valence-electron chi connectivity index (χ3n) is 1.49. The average molecular weight is 130 g/mol. The van der Waals surface area contributed by atoms with Gasteiger partial charge in [-0.1, -0.05) is 0 Å². The Kier molecular flexibility index (Phi) is 2.05. The van der Waals surface area contributed by atoms with E-state index in [9.17, 15) is 4.79 Å². The van der Waals surface area contributed by atoms with Crippen molar-refractivity contribution in [2.75, 3.05) is 13.2 Å². The fourth-order valence-electron chi connectivity index (χ4n) is 0.991. The summed E-state index contributed by atoms with van der Waals surface area (Å²) in [5.74, 6) is -0.451. The quantitative estimate of drug-likeness (QED) is 0.592. The SMILES string of the molecule is O=C(O)C[C@@H]1CCOC1. The van der Waals surface area contributed by atoms with E-state index in [2.05, 4.69) is 0 Å². The van der Waals surface area contributed by atoms with E-state index in [4.69, 9.17) is 9.84 Å². The number of ether oxygens (including phenoxy) is 1. The largest absolute Gasteiger partial charge is 0.481 e. The molecule has 1 heterocycles. The first-order valence-electron chi connectivity index (χ1n) is 3.08. The van der Waals surface area contributed by atoms with E-state index in [0.29, 0.717) is 6.61 Å². The molecule has 1 atom stereocenters. The molecule has 0 amide bonds. The van der Waals surface area contributed by atoms with Gasteiger partial charge in [-0.2, -0.15) is 0 Å². The van der Waals surface area contributed by atoms with Gasteiger partial charge in [-0.3, -0.25) is 4.79 Å². The Balaban J connectivity index is 2.19. The minimum Gasteiger partial charge on any atom is -0.481 e. The van der Waals surface area contributed by atoms with Crippen molar-refractivity contribution in [2.24, 2.45) is 5.92 Å². The monoisotopic (exact) mass is 130 g/mol. The fourth-order valence-corrected chi connectivity index (χ4v) is 0.991. The molecule has 3 heteroatoms. The number of hydrogen-bond acceptors (Lipinski definition) is 2. The molecule has 1 saturated heterocycles. The van der Waals surface area contributed by atoms with Crippen molar-refractivity contribution >= 4 is 5.97 Å². The van der Waals surface area contributed by atoms with Gasteiger partial charge in [-0.05, 0) is 12.3 Å². The van der Waals surface area contributed by atoms with Crippen LogP contribution in [0.2, 0.25) is 0 Å². The predicted molar refractivity (Wildman–Crippen MR) is 31.2 cm³/mol. The van der Waals surface area contributed by atoms with Crippen LogP contribution in [0.15, 0.2) is 0 Å². The molecule has 0 aromatic carbocycles. The molecule has 0 saturated carbocycles. The Bertz CT molecular complexity index is 105. The van der Waals surface area contributed by atoms with Crippen molar-refractivity contribution in [1.82, 2.24) is 0 Å². The number of aliphatic carboxylic acids is 1. The van der Waals surface area contributed by atoms with Gasteiger partial charge >= 0.3 is 5.97 Å². The Morgan fingerprint density at radius 3 is 3.00 bits per heavy atom. The molecular formula is C6H10O3. The molecule has 9 heavy (non-hydrogen) atoms. The fraction of sp³-hybridized carbons (Fsp3) is 0.833. The van der Waals surface area contributed by atoms with Crippen LogP contribution in [-0.4, -0.2) is 24.3 Å². The van der Waals surface area contributed by atoms with Crippen molar-refractivity contribution in [2.45, 2.75) is 12.8 Å². The number of hydrogen-bond donors (Lipinski definition) is 1. The molecule has 1 aliphatic rings. The van der Waals surface area contributed by atoms with E-state index in [-0.39, 0.29) is 12.3 Å². The van der Waals surface area contributed by atoms with E-state index >= 15 is 0 Å². The summed E-state index contributed by atoms with van der Waals surface area (Å²) in [7, 11) is 0. The minimum atomic E-state index is -0.717. The number of carboxylic acid groups (broad SMARTS) is 1. The smallest absolute Gasteiger partial charge is 0.303 e. The van der Waals surface area contributed by atoms with E-state index in [0.717, 1.165) is 13.0 Å². The van der Waals surface area contributed by atoms with Crippen LogP contribution in [0, 0.1) is 5.92 Å². The molecule has 52 valence electrons. The zero-order valence-electron chi connectivity index (χ0n) is 5.17. The zero-order chi connectivity index (χ0) is 6.69. The first kappa shape index (κ1) is 6.55. The molecule has 0 radical (unpaired) electrons. The first-order valence-corrected chi connectivity index (χ1v) is 3.08. The van der Waals surface area contributed by atoms with Crippen molar-refractivity contribution in [1.29, 1.82) is 0 Å². The van der Waals surface area contributed by atoms with Crippen molar-refractivity contribution in [3.63, 3.8) is 0 Å². The maximum absolute atomic E-state index is 10.1. The lowest BCUT2D eigenvalue weighted by molar-refractivity contribution is -0.138. The summed E-state index contributed by atoms with van der Waals surface area (Å²) in [6.07, 6.45) is 1.17. The molecule has 1 aliphatic heterocycles. The Morgan fingerprint density at radius 1 is 1.78 bits per heavy atom. The highest BCUT2D eigenvalue weighted by Crippen LogP contribution is 2.15. The van der Waals surface area contributed by atoms with E-state index in [1.807, 2.05) is 0 Å². The number of rotatable bonds is 2. The van der Waals surface area contributed by atoms with Crippen LogP contribution in [0.4, 0.5) is 0 Å². The standard InChI is InChI=1S/C6H10O3/c7-6(8)3-5-1-2-9-4-5/h5H,1-4H2,(H,7,8)/t5-/m0/s1. The molecule has 1 N–H and O–H groups in total. The van der Waals surface area contributed by atoms with E-state index in [1.54, 1.807) is 0 Å². The Labute approximate surface area is 53.6 Å². The van der Waals surface area contributed by atoms with Gasteiger partial charge in [0.2, 0.25) is 0 Å². The van der Waals surface area contributed by atoms with Gasteiger partial charge in [0.25, 0.3) is 0 Å². The number of carbonyl (C=O) groups is 1. The lowest BCUT2D eigenvalue weighted by Gasteiger charge is -1.99. The first-order chi connectivity index (χ1) is 4.29. The van der Waals surface area contributed by atoms with Crippen molar-refractivity contribution in [3.05, 3.63) is 0 Å². The van der Waals surface area contributed by atoms with Gasteiger partial charge < -0.3 is 9.84 Å². The Morgan fingerprint density at radius 2 is 2.56 bits per heavy atom. The molecule has 0 aromatic rings. The summed E-state index contributed by atoms with van der Waals surface area (Å²) in [4.78, 5) is 10.1. The van der Waals surface area contributed by atoms with Gasteiger partial charge in [0.15, 0.2) is 0 Å². The highest BCUT2D eigenvalue weighted by Gasteiger charge is 2.17. The van der Waals surface area contributed by atoms with Gasteiger partial charge in [-0.15, -0.1) is 0 Å². The van der Waals surface area contributed by atoms with Crippen LogP contribution < -0.4 is 0 Å². The summed E-state index contributed by atoms with van der Waals surface area (Å²) >= 11 is 0. The summed E-state index contributed by atoms with van der Waals surface area (Å²) in [5, 5.41) is 8.32. The third kappa shape index (κ3) is 2.01. The van der Waals surface area contributed by atoms with Crippen LogP contribution in [0.1, 0.15) is 12.8 Å². The van der Waals surface area contributed by atoms with Gasteiger partial charge in [0, 0.05) is 6.61 Å². The van der Waals surface area contributed by atoms with Crippen LogP contribution in [0.5, 0.6) is 0 Å². The highest BCUT2D eigenvalue weighted by molar-refractivity contribution is 5.67. The van der Waals surface area contributed by atoms with Crippen LogP contribution >= 0.6 is 0 Å². The van der Waals surface area contributed by atoms with Crippen LogP contribution in [0.3, 0.4) is 0 Å². The predicted octanol–water partition coefficient (Wildman–Crippen LogP) is 0.498. The van der Waals surface area contributed by atoms with E-state index in [1.165, 1.54) is 0 Å². The summed E-state index contributed by atoms with van der Waals surface area (Å²) in [5.41, 5.74) is 0. The molecule has 0 aromatic heterocycles. The normalized spacial score (nSPS) is 26.4. The van der Waals surface area contributed by atoms with Crippen molar-refractivity contribution < 1.29 is 14.6 Å². The average Bonchev–Trinajstić information content (AvgIpc) is 2.15. The van der Waals surface area contributed by atoms with Gasteiger partial charge in [0.05, 0.1) is 13.0 Å². The number of carboxylic acids is 1. The lowest BCUT2D eigenvalue weighted by Crippen LogP contribution is -2.06. The molecule has 0 aliphatic carbocycles. The maximum Gasteiger partial charge on any atom is 0.303 e. The Hall–Kier alpha value is -0.570. The summed E-state index contributed by atoms with van der Waals surface area (Å²) < 4.78 is 4.99. The second-order valence-electron chi connectivity index (χ2n) is 2.33. The van der Waals surface area contributed by atoms with Gasteiger partial charge in [0.1, 0.15) is 0 Å². The third-order valence-corrected chi connectivity index (χ3v) is 1.49. The van der Waals surface area contributed by atoms with Crippen molar-refractivity contribution in [3.8, 4) is 0 Å². The van der Waals surface area contributed by atoms with E-state index < -0.39 is 5.97 Å². The molecule has 1 rings (SSSR count). The summed E-state index contributed by atoms with van der Waals surface area (Å²) in [6, 6.07) is 0. The molecular weight excluding hydrogens is 120 g/mol. The molecule has 1 fully saturated rings. The van der Waals surface area contributed by atoms with Crippen LogP contribution in [0.25, 0.3) is 0 Å².